The maximum Gasteiger partial charge on any atom is 0.266 e. The minimum Gasteiger partial charge on any atom is -0.395 e. The van der Waals surface area contributed by atoms with Crippen LogP contribution in [0.25, 0.3) is 6.08 Å². The van der Waals surface area contributed by atoms with Crippen molar-refractivity contribution in [2.75, 3.05) is 13.2 Å². The van der Waals surface area contributed by atoms with Crippen LogP contribution >= 0.6 is 24.0 Å². The normalized spacial score (nSPS) is 17.6. The average molecular weight is 301 g/mol. The molecule has 1 N–H and O–H groups in total. The number of thiocarbonyl (C=S) groups is 1. The Kier molecular flexibility index (Phi) is 4.28. The van der Waals surface area contributed by atoms with Gasteiger partial charge in [0, 0.05) is 11.6 Å². The third-order valence-electron chi connectivity index (χ3n) is 2.45. The summed E-state index contributed by atoms with van der Waals surface area (Å²) < 4.78 is 26.6. The molecular weight excluding hydrogens is 292 g/mol. The predicted molar refractivity (Wildman–Crippen MR) is 73.3 cm³/mol. The van der Waals surface area contributed by atoms with Gasteiger partial charge in [-0.3, -0.25) is 9.69 Å². The van der Waals surface area contributed by atoms with Crippen molar-refractivity contribution in [3.8, 4) is 0 Å². The molecule has 0 unspecified atom stereocenters. The van der Waals surface area contributed by atoms with Crippen molar-refractivity contribution in [1.82, 2.24) is 4.90 Å². The second-order valence-electron chi connectivity index (χ2n) is 3.72. The Labute approximate surface area is 117 Å². The quantitative estimate of drug-likeness (QED) is 0.686. The van der Waals surface area contributed by atoms with E-state index in [1.54, 1.807) is 0 Å². The van der Waals surface area contributed by atoms with Crippen LogP contribution in [0.4, 0.5) is 8.78 Å². The van der Waals surface area contributed by atoms with E-state index in [0.29, 0.717) is 4.32 Å². The average Bonchev–Trinajstić information content (AvgIpc) is 2.61. The zero-order valence-corrected chi connectivity index (χ0v) is 11.2. The van der Waals surface area contributed by atoms with Crippen LogP contribution in [-0.4, -0.2) is 33.4 Å². The first-order valence-corrected chi connectivity index (χ1v) is 6.56. The second-order valence-corrected chi connectivity index (χ2v) is 5.40. The Morgan fingerprint density at radius 3 is 2.79 bits per heavy atom. The Bertz CT molecular complexity index is 575. The number of β-amino-alcohol motifs (C(OH)–C–C–N with tert-alkyl or cyclic N) is 1. The molecule has 1 saturated heterocycles. The van der Waals surface area contributed by atoms with Gasteiger partial charge < -0.3 is 5.11 Å². The highest BCUT2D eigenvalue weighted by Gasteiger charge is 2.31. The summed E-state index contributed by atoms with van der Waals surface area (Å²) in [5.74, 6) is -1.80. The molecule has 1 aromatic rings. The molecule has 0 radical (unpaired) electrons. The van der Waals surface area contributed by atoms with Gasteiger partial charge in [0.05, 0.1) is 18.1 Å². The summed E-state index contributed by atoms with van der Waals surface area (Å²) in [5, 5.41) is 8.83. The molecule has 1 aromatic carbocycles. The molecule has 100 valence electrons. The first-order chi connectivity index (χ1) is 9.02. The van der Waals surface area contributed by atoms with E-state index in [2.05, 4.69) is 0 Å². The molecule has 7 heteroatoms. The molecule has 0 aromatic heterocycles. The van der Waals surface area contributed by atoms with Crippen molar-refractivity contribution < 1.29 is 18.7 Å². The molecule has 1 amide bonds. The van der Waals surface area contributed by atoms with Crippen molar-refractivity contribution in [3.63, 3.8) is 0 Å². The van der Waals surface area contributed by atoms with Gasteiger partial charge >= 0.3 is 0 Å². The van der Waals surface area contributed by atoms with Gasteiger partial charge in [-0.2, -0.15) is 0 Å². The molecule has 1 aliphatic heterocycles. The number of hydrogen-bond acceptors (Lipinski definition) is 4. The lowest BCUT2D eigenvalue weighted by Gasteiger charge is -2.11. The number of aliphatic hydroxyl groups excluding tert-OH is 1. The highest BCUT2D eigenvalue weighted by Crippen LogP contribution is 2.32. The van der Waals surface area contributed by atoms with E-state index in [1.807, 2.05) is 0 Å². The highest BCUT2D eigenvalue weighted by molar-refractivity contribution is 8.26. The third-order valence-corrected chi connectivity index (χ3v) is 3.82. The van der Waals surface area contributed by atoms with E-state index < -0.39 is 11.6 Å². The summed E-state index contributed by atoms with van der Waals surface area (Å²) in [7, 11) is 0. The minimum atomic E-state index is -0.743. The van der Waals surface area contributed by atoms with Crippen LogP contribution in [0.15, 0.2) is 23.1 Å². The number of amides is 1. The van der Waals surface area contributed by atoms with Gasteiger partial charge in [0.1, 0.15) is 16.0 Å². The fourth-order valence-electron chi connectivity index (χ4n) is 1.55. The molecule has 1 heterocycles. The smallest absolute Gasteiger partial charge is 0.266 e. The summed E-state index contributed by atoms with van der Waals surface area (Å²) in [5.41, 5.74) is 0.117. The number of rotatable bonds is 3. The van der Waals surface area contributed by atoms with E-state index in [-0.39, 0.29) is 29.5 Å². The summed E-state index contributed by atoms with van der Waals surface area (Å²) in [6.45, 7) is -0.0987. The highest BCUT2D eigenvalue weighted by atomic mass is 32.2. The maximum atomic E-state index is 13.5. The monoisotopic (exact) mass is 301 g/mol. The van der Waals surface area contributed by atoms with E-state index >= 15 is 0 Å². The largest absolute Gasteiger partial charge is 0.395 e. The SMILES string of the molecule is O=C1/C(=C\c2ccc(F)cc2F)SC(=S)N1CCO. The lowest BCUT2D eigenvalue weighted by atomic mass is 10.2. The van der Waals surface area contributed by atoms with Crippen molar-refractivity contribution in [1.29, 1.82) is 0 Å². The van der Waals surface area contributed by atoms with E-state index in [9.17, 15) is 13.6 Å². The lowest BCUT2D eigenvalue weighted by molar-refractivity contribution is -0.122. The summed E-state index contributed by atoms with van der Waals surface area (Å²) in [6, 6.07) is 3.12. The van der Waals surface area contributed by atoms with Crippen LogP contribution in [0.1, 0.15) is 5.56 Å². The Hall–Kier alpha value is -1.31. The molecule has 3 nitrogen and oxygen atoms in total. The van der Waals surface area contributed by atoms with E-state index in [4.69, 9.17) is 17.3 Å². The molecule has 1 aliphatic rings. The fraction of sp³-hybridized carbons (Fsp3) is 0.167. The summed E-state index contributed by atoms with van der Waals surface area (Å²) in [4.78, 5) is 13.4. The maximum absolute atomic E-state index is 13.5. The fourth-order valence-corrected chi connectivity index (χ4v) is 2.85. The number of halogens is 2. The zero-order chi connectivity index (χ0) is 14.0. The number of carbonyl (C=O) groups excluding carboxylic acids is 1. The molecule has 19 heavy (non-hydrogen) atoms. The molecule has 0 spiro atoms. The van der Waals surface area contributed by atoms with Crippen LogP contribution in [0.2, 0.25) is 0 Å². The van der Waals surface area contributed by atoms with E-state index in [0.717, 1.165) is 23.9 Å². The molecule has 2 rings (SSSR count). The van der Waals surface area contributed by atoms with Gasteiger partial charge in [0.25, 0.3) is 5.91 Å². The topological polar surface area (TPSA) is 40.5 Å². The number of benzene rings is 1. The summed E-state index contributed by atoms with van der Waals surface area (Å²) >= 11 is 6.02. The van der Waals surface area contributed by atoms with Crippen LogP contribution in [0.5, 0.6) is 0 Å². The van der Waals surface area contributed by atoms with Gasteiger partial charge in [-0.05, 0) is 18.2 Å². The standard InChI is InChI=1S/C12H9F2NO2S2/c13-8-2-1-7(9(14)6-8)5-10-11(17)15(3-4-16)12(18)19-10/h1-2,5-6,16H,3-4H2/b10-5+. The molecule has 0 bridgehead atoms. The van der Waals surface area contributed by atoms with Gasteiger partial charge in [0.15, 0.2) is 0 Å². The first kappa shape index (κ1) is 14.1. The van der Waals surface area contributed by atoms with Gasteiger partial charge in [0.2, 0.25) is 0 Å². The molecule has 0 aliphatic carbocycles. The van der Waals surface area contributed by atoms with Crippen molar-refractivity contribution in [2.24, 2.45) is 0 Å². The van der Waals surface area contributed by atoms with Crippen LogP contribution in [-0.2, 0) is 4.79 Å². The number of thioether (sulfide) groups is 1. The Morgan fingerprint density at radius 1 is 1.42 bits per heavy atom. The molecule has 0 atom stereocenters. The van der Waals surface area contributed by atoms with Crippen LogP contribution < -0.4 is 0 Å². The van der Waals surface area contributed by atoms with Gasteiger partial charge in [-0.15, -0.1) is 0 Å². The van der Waals surface area contributed by atoms with Gasteiger partial charge in [-0.1, -0.05) is 24.0 Å². The summed E-state index contributed by atoms with van der Waals surface area (Å²) in [6.07, 6.45) is 1.32. The van der Waals surface area contributed by atoms with Crippen LogP contribution in [0, 0.1) is 11.6 Å². The van der Waals surface area contributed by atoms with Gasteiger partial charge in [-0.25, -0.2) is 8.78 Å². The molecule has 0 saturated carbocycles. The number of nitrogens with zero attached hydrogens (tertiary/aromatic N) is 1. The van der Waals surface area contributed by atoms with Crippen molar-refractivity contribution in [3.05, 3.63) is 40.3 Å². The van der Waals surface area contributed by atoms with E-state index in [1.165, 1.54) is 17.0 Å². The predicted octanol–water partition coefficient (Wildman–Crippen LogP) is 2.16. The minimum absolute atomic E-state index is 0.105. The zero-order valence-electron chi connectivity index (χ0n) is 9.60. The van der Waals surface area contributed by atoms with Crippen LogP contribution in [0.3, 0.4) is 0 Å². The number of aliphatic hydroxyl groups is 1. The molecular formula is C12H9F2NO2S2. The Morgan fingerprint density at radius 2 is 2.16 bits per heavy atom. The first-order valence-electron chi connectivity index (χ1n) is 5.34. The number of carbonyl (C=O) groups is 1. The van der Waals surface area contributed by atoms with Crippen molar-refractivity contribution in [2.45, 2.75) is 0 Å². The third kappa shape index (κ3) is 2.99. The second kappa shape index (κ2) is 5.77. The Balaban J connectivity index is 2.30. The number of hydrogen-bond donors (Lipinski definition) is 1. The lowest BCUT2D eigenvalue weighted by Crippen LogP contribution is -2.30. The van der Waals surface area contributed by atoms with Crippen molar-refractivity contribution >= 4 is 40.3 Å². The molecule has 1 fully saturated rings.